The number of sulfonamides is 1. The van der Waals surface area contributed by atoms with Gasteiger partial charge in [-0.2, -0.15) is 0 Å². The maximum absolute atomic E-state index is 14.2. The first kappa shape index (κ1) is 23.8. The molecule has 1 aliphatic heterocycles. The monoisotopic (exact) mass is 523 g/mol. The van der Waals surface area contributed by atoms with Crippen LogP contribution in [-0.2, 0) is 10.0 Å². The fourth-order valence-corrected chi connectivity index (χ4v) is 6.36. The molecule has 190 valence electrons. The Balaban J connectivity index is 1.53. The minimum Gasteiger partial charge on any atom is -0.493 e. The third kappa shape index (κ3) is 3.90. The van der Waals surface area contributed by atoms with Crippen LogP contribution >= 0.6 is 0 Å². The number of aromatic nitrogens is 2. The summed E-state index contributed by atoms with van der Waals surface area (Å²) in [5.74, 6) is 0.805. The van der Waals surface area contributed by atoms with Gasteiger partial charge in [0, 0.05) is 24.0 Å². The van der Waals surface area contributed by atoms with E-state index in [2.05, 4.69) is 4.98 Å². The molecule has 0 amide bonds. The van der Waals surface area contributed by atoms with E-state index >= 15 is 0 Å². The standard InChI is InChI=1S/C30H25N3O4S/c1-36-28-15-13-24(18-29(28)37-2)38(34,35)33-17-16-21-8-6-7-11-25(21)30(33)27-14-12-23-19-31-26(20-32(23)27)22-9-4-3-5-10-22/h3-20,30H,1-2H3/t30-/m1/s1. The van der Waals surface area contributed by atoms with Crippen LogP contribution < -0.4 is 9.47 Å². The van der Waals surface area contributed by atoms with Gasteiger partial charge in [0.1, 0.15) is 6.04 Å². The molecule has 7 nitrogen and oxygen atoms in total. The average Bonchev–Trinajstić information content (AvgIpc) is 3.39. The molecule has 0 radical (unpaired) electrons. The van der Waals surface area contributed by atoms with E-state index in [1.54, 1.807) is 12.3 Å². The summed E-state index contributed by atoms with van der Waals surface area (Å²) < 4.78 is 42.4. The Labute approximate surface area is 221 Å². The van der Waals surface area contributed by atoms with Gasteiger partial charge in [-0.15, -0.1) is 0 Å². The average molecular weight is 524 g/mol. The largest absolute Gasteiger partial charge is 0.493 e. The number of methoxy groups -OCH3 is 2. The molecular weight excluding hydrogens is 498 g/mol. The lowest BCUT2D eigenvalue weighted by atomic mass is 9.95. The molecule has 0 spiro atoms. The van der Waals surface area contributed by atoms with Crippen LogP contribution in [0.1, 0.15) is 22.9 Å². The van der Waals surface area contributed by atoms with Crippen molar-refractivity contribution < 1.29 is 17.9 Å². The molecule has 0 fully saturated rings. The number of hydrogen-bond donors (Lipinski definition) is 0. The van der Waals surface area contributed by atoms with E-state index in [-0.39, 0.29) is 4.90 Å². The van der Waals surface area contributed by atoms with E-state index in [0.717, 1.165) is 33.6 Å². The minimum absolute atomic E-state index is 0.108. The first-order chi connectivity index (χ1) is 18.5. The van der Waals surface area contributed by atoms with Gasteiger partial charge in [0.05, 0.1) is 42.2 Å². The molecule has 0 saturated carbocycles. The normalized spacial score (nSPS) is 14.9. The summed E-state index contributed by atoms with van der Waals surface area (Å²) >= 11 is 0. The van der Waals surface area contributed by atoms with Crippen LogP contribution in [0.2, 0.25) is 0 Å². The molecule has 0 saturated heterocycles. The number of fused-ring (bicyclic) bond motifs is 2. The molecule has 6 rings (SSSR count). The van der Waals surface area contributed by atoms with Crippen LogP contribution in [-0.4, -0.2) is 36.3 Å². The number of rotatable bonds is 6. The highest BCUT2D eigenvalue weighted by Gasteiger charge is 2.36. The predicted molar refractivity (Wildman–Crippen MR) is 147 cm³/mol. The maximum Gasteiger partial charge on any atom is 0.264 e. The number of nitrogens with zero attached hydrogens (tertiary/aromatic N) is 3. The second-order valence-electron chi connectivity index (χ2n) is 8.89. The lowest BCUT2D eigenvalue weighted by Gasteiger charge is -2.34. The van der Waals surface area contributed by atoms with Gasteiger partial charge in [-0.1, -0.05) is 54.6 Å². The molecule has 1 atom stereocenters. The quantitative estimate of drug-likeness (QED) is 0.282. The third-order valence-corrected chi connectivity index (χ3v) is 8.53. The number of hydrogen-bond acceptors (Lipinski definition) is 5. The van der Waals surface area contributed by atoms with E-state index in [1.165, 1.54) is 30.7 Å². The van der Waals surface area contributed by atoms with Crippen LogP contribution in [0, 0.1) is 0 Å². The smallest absolute Gasteiger partial charge is 0.264 e. The number of ether oxygens (including phenoxy) is 2. The molecule has 2 aromatic heterocycles. The van der Waals surface area contributed by atoms with Crippen LogP contribution in [0.3, 0.4) is 0 Å². The van der Waals surface area contributed by atoms with E-state index in [0.29, 0.717) is 11.5 Å². The molecule has 0 unspecified atom stereocenters. The van der Waals surface area contributed by atoms with Gasteiger partial charge in [0.2, 0.25) is 0 Å². The Morgan fingerprint density at radius 2 is 1.61 bits per heavy atom. The molecule has 0 N–H and O–H groups in total. The first-order valence-electron chi connectivity index (χ1n) is 12.1. The summed E-state index contributed by atoms with van der Waals surface area (Å²) in [4.78, 5) is 4.75. The Bertz CT molecular complexity index is 1780. The Morgan fingerprint density at radius 3 is 2.39 bits per heavy atom. The molecule has 0 aliphatic carbocycles. The molecule has 3 aromatic carbocycles. The van der Waals surface area contributed by atoms with Crippen LogP contribution in [0.5, 0.6) is 11.5 Å². The molecular formula is C30H25N3O4S. The van der Waals surface area contributed by atoms with Gasteiger partial charge in [-0.25, -0.2) is 8.42 Å². The predicted octanol–water partition coefficient (Wildman–Crippen LogP) is 5.78. The summed E-state index contributed by atoms with van der Waals surface area (Å²) in [5, 5.41) is 0. The van der Waals surface area contributed by atoms with Gasteiger partial charge >= 0.3 is 0 Å². The SMILES string of the molecule is COc1ccc(S(=O)(=O)N2C=Cc3ccccc3[C@@H]2c2ccc3cnc(-c4ccccc4)cn23)cc1OC. The Hall–Kier alpha value is -4.56. The molecule has 38 heavy (non-hydrogen) atoms. The van der Waals surface area contributed by atoms with E-state index < -0.39 is 16.1 Å². The molecule has 1 aliphatic rings. The number of benzene rings is 3. The highest BCUT2D eigenvalue weighted by molar-refractivity contribution is 7.89. The fourth-order valence-electron chi connectivity index (χ4n) is 4.90. The van der Waals surface area contributed by atoms with E-state index in [1.807, 2.05) is 89.6 Å². The van der Waals surface area contributed by atoms with Crippen molar-refractivity contribution >= 4 is 21.6 Å². The van der Waals surface area contributed by atoms with Crippen molar-refractivity contribution in [1.29, 1.82) is 0 Å². The second kappa shape index (κ2) is 9.39. The fraction of sp³-hybridized carbons (Fsp3) is 0.100. The van der Waals surface area contributed by atoms with Crippen molar-refractivity contribution in [3.8, 4) is 22.8 Å². The van der Waals surface area contributed by atoms with Crippen molar-refractivity contribution in [3.05, 3.63) is 120 Å². The van der Waals surface area contributed by atoms with Crippen LogP contribution in [0.4, 0.5) is 0 Å². The molecule has 5 aromatic rings. The zero-order valence-electron chi connectivity index (χ0n) is 20.9. The summed E-state index contributed by atoms with van der Waals surface area (Å²) in [7, 11) is -0.985. The van der Waals surface area contributed by atoms with Gasteiger partial charge in [-0.3, -0.25) is 9.29 Å². The highest BCUT2D eigenvalue weighted by atomic mass is 32.2. The first-order valence-corrected chi connectivity index (χ1v) is 13.5. The maximum atomic E-state index is 14.2. The van der Waals surface area contributed by atoms with Crippen molar-refractivity contribution in [3.63, 3.8) is 0 Å². The lowest BCUT2D eigenvalue weighted by Crippen LogP contribution is -2.34. The van der Waals surface area contributed by atoms with Gasteiger partial charge in [-0.05, 0) is 41.5 Å². The zero-order chi connectivity index (χ0) is 26.3. The Morgan fingerprint density at radius 1 is 0.842 bits per heavy atom. The van der Waals surface area contributed by atoms with Gasteiger partial charge in [0.15, 0.2) is 11.5 Å². The summed E-state index contributed by atoms with van der Waals surface area (Å²) in [5.41, 5.74) is 5.30. The Kier molecular flexibility index (Phi) is 5.88. The zero-order valence-corrected chi connectivity index (χ0v) is 21.7. The van der Waals surface area contributed by atoms with Crippen molar-refractivity contribution in [2.24, 2.45) is 0 Å². The third-order valence-electron chi connectivity index (χ3n) is 6.79. The highest BCUT2D eigenvalue weighted by Crippen LogP contribution is 2.41. The van der Waals surface area contributed by atoms with E-state index in [4.69, 9.17) is 9.47 Å². The van der Waals surface area contributed by atoms with E-state index in [9.17, 15) is 8.42 Å². The second-order valence-corrected chi connectivity index (χ2v) is 10.7. The molecule has 3 heterocycles. The summed E-state index contributed by atoms with van der Waals surface area (Å²) in [6.45, 7) is 0. The van der Waals surface area contributed by atoms with Gasteiger partial charge in [0.25, 0.3) is 10.0 Å². The molecule has 0 bridgehead atoms. The lowest BCUT2D eigenvalue weighted by molar-refractivity contribution is 0.353. The summed E-state index contributed by atoms with van der Waals surface area (Å²) in [6.07, 6.45) is 7.24. The summed E-state index contributed by atoms with van der Waals surface area (Å²) in [6, 6.07) is 25.7. The topological polar surface area (TPSA) is 73.1 Å². The minimum atomic E-state index is -3.99. The molecule has 8 heteroatoms. The van der Waals surface area contributed by atoms with Crippen LogP contribution in [0.25, 0.3) is 22.9 Å². The van der Waals surface area contributed by atoms with Crippen molar-refractivity contribution in [1.82, 2.24) is 13.7 Å². The van der Waals surface area contributed by atoms with Crippen molar-refractivity contribution in [2.75, 3.05) is 14.2 Å². The van der Waals surface area contributed by atoms with Crippen molar-refractivity contribution in [2.45, 2.75) is 10.9 Å². The van der Waals surface area contributed by atoms with Gasteiger partial charge < -0.3 is 13.9 Å². The van der Waals surface area contributed by atoms with Crippen LogP contribution in [0.15, 0.2) is 108 Å².